The minimum Gasteiger partial charge on any atom is -0.437 e. The van der Waals surface area contributed by atoms with Gasteiger partial charge in [0.15, 0.2) is 0 Å². The molecule has 4 nitrogen and oxygen atoms in total. The van der Waals surface area contributed by atoms with Crippen molar-refractivity contribution in [2.75, 3.05) is 0 Å². The average molecular weight is 298 g/mol. The molecule has 1 aromatic heterocycles. The van der Waals surface area contributed by atoms with Gasteiger partial charge in [-0.25, -0.2) is 4.98 Å². The average Bonchev–Trinajstić information content (AvgIpc) is 3.04. The smallest absolute Gasteiger partial charge is 0.222 e. The van der Waals surface area contributed by atoms with Gasteiger partial charge in [0.25, 0.3) is 0 Å². The molecule has 104 valence electrons. The third-order valence-electron chi connectivity index (χ3n) is 2.79. The number of ether oxygens (including phenoxy) is 1. The summed E-state index contributed by atoms with van der Waals surface area (Å²) in [5.74, 6) is 1.09. The quantitative estimate of drug-likeness (QED) is 0.684. The van der Waals surface area contributed by atoms with Crippen LogP contribution in [0.15, 0.2) is 67.3 Å². The maximum atomic E-state index is 6.14. The first kappa shape index (κ1) is 13.4. The van der Waals surface area contributed by atoms with Crippen LogP contribution in [0.25, 0.3) is 12.0 Å². The molecule has 2 aromatic carbocycles. The first-order valence-corrected chi connectivity index (χ1v) is 6.75. The lowest BCUT2D eigenvalue weighted by molar-refractivity contribution is 0.470. The molecule has 3 rings (SSSR count). The Kier molecular flexibility index (Phi) is 3.98. The highest BCUT2D eigenvalue weighted by Gasteiger charge is 2.07. The van der Waals surface area contributed by atoms with Gasteiger partial charge in [-0.1, -0.05) is 54.1 Å². The van der Waals surface area contributed by atoms with Crippen LogP contribution in [0.2, 0.25) is 5.02 Å². The van der Waals surface area contributed by atoms with Gasteiger partial charge in [0.1, 0.15) is 18.4 Å². The standard InChI is InChI=1S/C16H12ClN3O/c17-14-8-4-5-9-15(14)21-16(20-12-18-11-19-20)10-13-6-2-1-3-7-13/h1-12H/b16-10+. The molecule has 0 atom stereocenters. The highest BCUT2D eigenvalue weighted by Crippen LogP contribution is 2.26. The van der Waals surface area contributed by atoms with E-state index in [1.54, 1.807) is 23.1 Å². The van der Waals surface area contributed by atoms with E-state index in [2.05, 4.69) is 10.1 Å². The largest absolute Gasteiger partial charge is 0.437 e. The van der Waals surface area contributed by atoms with E-state index in [0.717, 1.165) is 5.56 Å². The van der Waals surface area contributed by atoms with Crippen LogP contribution < -0.4 is 4.74 Å². The third kappa shape index (κ3) is 3.30. The molecule has 0 saturated carbocycles. The maximum Gasteiger partial charge on any atom is 0.222 e. The monoisotopic (exact) mass is 297 g/mol. The Hall–Kier alpha value is -2.59. The summed E-state index contributed by atoms with van der Waals surface area (Å²) in [5.41, 5.74) is 0.995. The topological polar surface area (TPSA) is 39.9 Å². The normalized spacial score (nSPS) is 11.4. The number of hydrogen-bond acceptors (Lipinski definition) is 3. The van der Waals surface area contributed by atoms with Crippen LogP contribution in [0.4, 0.5) is 0 Å². The van der Waals surface area contributed by atoms with Crippen molar-refractivity contribution >= 4 is 23.6 Å². The van der Waals surface area contributed by atoms with Gasteiger partial charge in [0.05, 0.1) is 5.02 Å². The Morgan fingerprint density at radius 1 is 1.05 bits per heavy atom. The van der Waals surface area contributed by atoms with E-state index in [0.29, 0.717) is 16.7 Å². The molecular formula is C16H12ClN3O. The Balaban J connectivity index is 1.98. The molecule has 5 heteroatoms. The molecule has 0 bridgehead atoms. The second kappa shape index (κ2) is 6.24. The molecule has 0 fully saturated rings. The van der Waals surface area contributed by atoms with Crippen molar-refractivity contribution in [3.63, 3.8) is 0 Å². The number of nitrogens with zero attached hydrogens (tertiary/aromatic N) is 3. The fourth-order valence-electron chi connectivity index (χ4n) is 1.80. The summed E-state index contributed by atoms with van der Waals surface area (Å²) in [4.78, 5) is 3.95. The second-order valence-corrected chi connectivity index (χ2v) is 4.67. The molecule has 0 N–H and O–H groups in total. The summed E-state index contributed by atoms with van der Waals surface area (Å²) in [6, 6.07) is 17.1. The summed E-state index contributed by atoms with van der Waals surface area (Å²) < 4.78 is 7.44. The van der Waals surface area contributed by atoms with Crippen LogP contribution in [0.3, 0.4) is 0 Å². The SMILES string of the molecule is Clc1ccccc1O/C(=C/c1ccccc1)n1cncn1. The predicted octanol–water partition coefficient (Wildman–Crippen LogP) is 3.97. The molecule has 0 spiro atoms. The maximum absolute atomic E-state index is 6.14. The summed E-state index contributed by atoms with van der Waals surface area (Å²) in [6.45, 7) is 0. The van der Waals surface area contributed by atoms with Gasteiger partial charge in [-0.15, -0.1) is 0 Å². The van der Waals surface area contributed by atoms with E-state index in [4.69, 9.17) is 16.3 Å². The van der Waals surface area contributed by atoms with E-state index in [1.165, 1.54) is 6.33 Å². The van der Waals surface area contributed by atoms with Crippen molar-refractivity contribution in [3.8, 4) is 5.75 Å². The lowest BCUT2D eigenvalue weighted by Gasteiger charge is -2.11. The van der Waals surface area contributed by atoms with Crippen molar-refractivity contribution in [2.45, 2.75) is 0 Å². The number of halogens is 1. The van der Waals surface area contributed by atoms with E-state index >= 15 is 0 Å². The van der Waals surface area contributed by atoms with Crippen molar-refractivity contribution in [3.05, 3.63) is 77.8 Å². The Bertz CT molecular complexity index is 739. The molecule has 0 amide bonds. The summed E-state index contributed by atoms with van der Waals surface area (Å²) >= 11 is 6.14. The number of benzene rings is 2. The summed E-state index contributed by atoms with van der Waals surface area (Å²) in [5, 5.41) is 4.65. The van der Waals surface area contributed by atoms with E-state index in [9.17, 15) is 0 Å². The zero-order valence-corrected chi connectivity index (χ0v) is 11.8. The van der Waals surface area contributed by atoms with Gasteiger partial charge in [-0.05, 0) is 17.7 Å². The van der Waals surface area contributed by atoms with Gasteiger partial charge in [0.2, 0.25) is 5.88 Å². The van der Waals surface area contributed by atoms with Crippen molar-refractivity contribution in [1.29, 1.82) is 0 Å². The third-order valence-corrected chi connectivity index (χ3v) is 3.10. The van der Waals surface area contributed by atoms with Crippen LogP contribution in [0, 0.1) is 0 Å². The molecule has 0 aliphatic rings. The molecule has 21 heavy (non-hydrogen) atoms. The molecule has 0 radical (unpaired) electrons. The van der Waals surface area contributed by atoms with Crippen LogP contribution in [0.5, 0.6) is 5.75 Å². The van der Waals surface area contributed by atoms with E-state index < -0.39 is 0 Å². The van der Waals surface area contributed by atoms with Crippen molar-refractivity contribution in [2.24, 2.45) is 0 Å². The summed E-state index contributed by atoms with van der Waals surface area (Å²) in [6.07, 6.45) is 4.90. The predicted molar refractivity (Wildman–Crippen MR) is 82.7 cm³/mol. The first-order valence-electron chi connectivity index (χ1n) is 6.37. The molecule has 3 aromatic rings. The van der Waals surface area contributed by atoms with E-state index in [-0.39, 0.29) is 0 Å². The van der Waals surface area contributed by atoms with E-state index in [1.807, 2.05) is 48.5 Å². The van der Waals surface area contributed by atoms with Gasteiger partial charge < -0.3 is 4.74 Å². The zero-order chi connectivity index (χ0) is 14.5. The van der Waals surface area contributed by atoms with Crippen LogP contribution >= 0.6 is 11.6 Å². The number of para-hydroxylation sites is 1. The van der Waals surface area contributed by atoms with Crippen LogP contribution in [0.1, 0.15) is 5.56 Å². The minimum atomic E-state index is 0.520. The van der Waals surface area contributed by atoms with Crippen LogP contribution in [-0.4, -0.2) is 14.8 Å². The lowest BCUT2D eigenvalue weighted by Crippen LogP contribution is -2.05. The van der Waals surface area contributed by atoms with Gasteiger partial charge in [-0.3, -0.25) is 0 Å². The molecule has 0 unspecified atom stereocenters. The molecule has 1 heterocycles. The Morgan fingerprint density at radius 3 is 2.52 bits per heavy atom. The minimum absolute atomic E-state index is 0.520. The fraction of sp³-hybridized carbons (Fsp3) is 0. The van der Waals surface area contributed by atoms with Gasteiger partial charge in [-0.2, -0.15) is 9.78 Å². The Morgan fingerprint density at radius 2 is 1.81 bits per heavy atom. The highest BCUT2D eigenvalue weighted by molar-refractivity contribution is 6.32. The van der Waals surface area contributed by atoms with Crippen molar-refractivity contribution < 1.29 is 4.74 Å². The number of rotatable bonds is 4. The molecular weight excluding hydrogens is 286 g/mol. The summed E-state index contributed by atoms with van der Waals surface area (Å²) in [7, 11) is 0. The van der Waals surface area contributed by atoms with Gasteiger partial charge in [0, 0.05) is 6.08 Å². The first-order chi connectivity index (χ1) is 10.3. The molecule has 0 aliphatic carbocycles. The lowest BCUT2D eigenvalue weighted by atomic mass is 10.2. The zero-order valence-electron chi connectivity index (χ0n) is 11.1. The second-order valence-electron chi connectivity index (χ2n) is 4.27. The number of hydrogen-bond donors (Lipinski definition) is 0. The fourth-order valence-corrected chi connectivity index (χ4v) is 1.97. The molecule has 0 aliphatic heterocycles. The van der Waals surface area contributed by atoms with Crippen molar-refractivity contribution in [1.82, 2.24) is 14.8 Å². The van der Waals surface area contributed by atoms with Gasteiger partial charge >= 0.3 is 0 Å². The Labute approximate surface area is 127 Å². The number of aromatic nitrogens is 3. The highest BCUT2D eigenvalue weighted by atomic mass is 35.5. The van der Waals surface area contributed by atoms with Crippen LogP contribution in [-0.2, 0) is 0 Å². The molecule has 0 saturated heterocycles.